The molecule has 3 aromatic heterocycles. The van der Waals surface area contributed by atoms with Crippen molar-refractivity contribution in [1.29, 1.82) is 0 Å². The standard InChI is InChI=1S/C18H40N4O5Si4.C12H35NO3Si4.C9H9N5O2.8CH4/c1-15-14-16(23)21-17(20-15)22-18(24)19-12-11-13-31(10,26-29(5,6)7)27-30(8,9)25-28(2,3)4;1-17(2,3)14-19(7,8)16-20(9,12-10-11-13)15-18(4,5)6;1-6-4-7(15)12-8(11-6)13-9(16)14-3-2-10-5-14;;;;;;;;/h14H,11-13H2,1-10H3,(H3,19,20,21,22,23,24);10-13H2,1-9H3;2-5H,1H3,(H2,11,12,13,15,16);8*1H4. The van der Waals surface area contributed by atoms with Crippen LogP contribution in [-0.4, -0.2) is 122 Å². The smallest absolute Gasteiger partial charge is 0.333 e. The van der Waals surface area contributed by atoms with Crippen molar-refractivity contribution in [3.8, 4) is 0 Å². The number of hydrogen-bond acceptors (Lipinski definition) is 14. The van der Waals surface area contributed by atoms with E-state index >= 15 is 0 Å². The summed E-state index contributed by atoms with van der Waals surface area (Å²) in [5.74, 6) is 0.243. The average Bonchev–Trinajstić information content (AvgIpc) is 3.60. The minimum Gasteiger partial charge on any atom is -0.437 e. The first-order valence-corrected chi connectivity index (χ1v) is 46.9. The van der Waals surface area contributed by atoms with E-state index in [0.29, 0.717) is 24.5 Å². The minimum atomic E-state index is -2.49. The van der Waals surface area contributed by atoms with Crippen LogP contribution in [-0.2, 0) is 24.7 Å². The fraction of sp³-hybridized carbons (Fsp3) is 0.723. The molecule has 0 aromatic carbocycles. The number of carbonyl (C=O) groups is 2. The van der Waals surface area contributed by atoms with Crippen molar-refractivity contribution in [2.24, 2.45) is 5.73 Å². The largest absolute Gasteiger partial charge is 0.437 e. The Bertz CT molecular complexity index is 2130. The first-order valence-electron chi connectivity index (χ1n) is 22.6. The van der Waals surface area contributed by atoms with Gasteiger partial charge in [0.05, 0.1) is 0 Å². The van der Waals surface area contributed by atoms with E-state index < -0.39 is 79.6 Å². The molecule has 0 saturated carbocycles. The summed E-state index contributed by atoms with van der Waals surface area (Å²) in [4.78, 5) is 63.0. The fourth-order valence-corrected chi connectivity index (χ4v) is 43.1. The number of urea groups is 1. The number of carbonyl (C=O) groups excluding carboxylic acids is 2. The van der Waals surface area contributed by atoms with Gasteiger partial charge in [-0.1, -0.05) is 59.4 Å². The molecule has 3 heterocycles. The van der Waals surface area contributed by atoms with Crippen LogP contribution in [0, 0.1) is 13.8 Å². The number of amides is 3. The molecule has 75 heavy (non-hydrogen) atoms. The van der Waals surface area contributed by atoms with Gasteiger partial charge in [0.25, 0.3) is 11.1 Å². The molecule has 28 heteroatoms. The zero-order valence-corrected chi connectivity index (χ0v) is 52.1. The number of nitrogens with two attached hydrogens (primary N) is 1. The molecule has 7 N–H and O–H groups in total. The lowest BCUT2D eigenvalue weighted by Gasteiger charge is -2.41. The van der Waals surface area contributed by atoms with E-state index in [-0.39, 0.29) is 82.4 Å². The molecule has 0 radical (unpaired) electrons. The number of rotatable bonds is 21. The molecule has 3 amide bonds. The van der Waals surface area contributed by atoms with Gasteiger partial charge in [-0.15, -0.1) is 0 Å². The second-order valence-electron chi connectivity index (χ2n) is 21.4. The van der Waals surface area contributed by atoms with Crippen LogP contribution >= 0.6 is 0 Å². The Balaban J connectivity index is -0.000000149. The van der Waals surface area contributed by atoms with Crippen molar-refractivity contribution in [3.05, 3.63) is 62.9 Å². The highest BCUT2D eigenvalue weighted by atomic mass is 28.5. The van der Waals surface area contributed by atoms with E-state index in [4.69, 9.17) is 30.4 Å². The predicted octanol–water partition coefficient (Wildman–Crippen LogP) is 13.4. The Morgan fingerprint density at radius 2 is 0.920 bits per heavy atom. The van der Waals surface area contributed by atoms with Crippen LogP contribution in [0.5, 0.6) is 0 Å². The van der Waals surface area contributed by atoms with E-state index in [1.807, 2.05) is 0 Å². The molecule has 0 aliphatic heterocycles. The molecule has 0 fully saturated rings. The van der Waals surface area contributed by atoms with Crippen LogP contribution in [0.15, 0.2) is 40.4 Å². The van der Waals surface area contributed by atoms with Crippen LogP contribution in [0.25, 0.3) is 0 Å². The second kappa shape index (κ2) is 37.1. The summed E-state index contributed by atoms with van der Waals surface area (Å²) < 4.78 is 40.1. The minimum absolute atomic E-state index is 0. The van der Waals surface area contributed by atoms with Crippen molar-refractivity contribution >= 4 is 91.5 Å². The molecule has 0 aliphatic carbocycles. The lowest BCUT2D eigenvalue weighted by Crippen LogP contribution is -2.57. The van der Waals surface area contributed by atoms with Crippen LogP contribution < -0.4 is 32.8 Å². The summed E-state index contributed by atoms with van der Waals surface area (Å²) in [7, 11) is -15.9. The van der Waals surface area contributed by atoms with Gasteiger partial charge in [0.15, 0.2) is 33.3 Å². The monoisotopic (exact) mass is 1200 g/mol. The Hall–Kier alpha value is -2.83. The first-order chi connectivity index (χ1) is 30.2. The molecule has 0 spiro atoms. The van der Waals surface area contributed by atoms with E-state index in [0.717, 1.165) is 24.9 Å². The van der Waals surface area contributed by atoms with Gasteiger partial charge in [-0.2, -0.15) is 0 Å². The van der Waals surface area contributed by atoms with Crippen LogP contribution in [0.3, 0.4) is 0 Å². The molecule has 3 rings (SSSR count). The lowest BCUT2D eigenvalue weighted by atomic mass is 10.4. The predicted molar refractivity (Wildman–Crippen MR) is 343 cm³/mol. The molecule has 2 unspecified atom stereocenters. The van der Waals surface area contributed by atoms with Gasteiger partial charge in [-0.3, -0.25) is 34.8 Å². The summed E-state index contributed by atoms with van der Waals surface area (Å²) in [6.45, 7) is 43.6. The van der Waals surface area contributed by atoms with Gasteiger partial charge < -0.3 is 35.7 Å². The number of aryl methyl sites for hydroxylation is 2. The van der Waals surface area contributed by atoms with Crippen LogP contribution in [0.1, 0.15) is 83.6 Å². The van der Waals surface area contributed by atoms with Crippen molar-refractivity contribution in [2.75, 3.05) is 23.7 Å². The highest BCUT2D eigenvalue weighted by molar-refractivity contribution is 6.90. The van der Waals surface area contributed by atoms with E-state index in [9.17, 15) is 19.2 Å². The van der Waals surface area contributed by atoms with Crippen LogP contribution in [0.4, 0.5) is 21.5 Å². The maximum atomic E-state index is 12.1. The quantitative estimate of drug-likeness (QED) is 0.0428. The van der Waals surface area contributed by atoms with Gasteiger partial charge in [0.2, 0.25) is 11.9 Å². The molecule has 446 valence electrons. The van der Waals surface area contributed by atoms with Gasteiger partial charge in [-0.05, 0) is 163 Å². The van der Waals surface area contributed by atoms with Crippen molar-refractivity contribution < 1.29 is 34.3 Å². The van der Waals surface area contributed by atoms with Crippen molar-refractivity contribution in [2.45, 2.75) is 216 Å². The summed E-state index contributed by atoms with van der Waals surface area (Å²) in [5.41, 5.74) is 6.12. The average molecular weight is 1210 g/mol. The van der Waals surface area contributed by atoms with Crippen molar-refractivity contribution in [3.63, 3.8) is 0 Å². The van der Waals surface area contributed by atoms with E-state index in [1.165, 1.54) is 35.4 Å². The number of anilines is 2. The number of aromatic nitrogens is 6. The molecular formula is C47H116N10O10Si8. The summed E-state index contributed by atoms with van der Waals surface area (Å²) >= 11 is 0. The molecule has 0 aliphatic rings. The number of H-pyrrole nitrogens is 2. The Labute approximate surface area is 466 Å². The summed E-state index contributed by atoms with van der Waals surface area (Å²) in [6.07, 6.45) is 6.00. The zero-order chi connectivity index (χ0) is 51.9. The Morgan fingerprint density at radius 1 is 0.560 bits per heavy atom. The van der Waals surface area contributed by atoms with Gasteiger partial charge in [0.1, 0.15) is 6.33 Å². The van der Waals surface area contributed by atoms with Crippen molar-refractivity contribution in [1.82, 2.24) is 34.8 Å². The van der Waals surface area contributed by atoms with E-state index in [1.54, 1.807) is 13.8 Å². The third-order valence-electron chi connectivity index (χ3n) is 7.94. The van der Waals surface area contributed by atoms with Gasteiger partial charge in [-0.25, -0.2) is 24.5 Å². The molecule has 0 saturated heterocycles. The van der Waals surface area contributed by atoms with E-state index in [2.05, 4.69) is 159 Å². The lowest BCUT2D eigenvalue weighted by molar-refractivity contribution is 0.251. The summed E-state index contributed by atoms with van der Waals surface area (Å²) in [5, 5.41) is 7.80. The van der Waals surface area contributed by atoms with Gasteiger partial charge >= 0.3 is 46.3 Å². The third-order valence-corrected chi connectivity index (χ3v) is 35.0. The fourth-order valence-electron chi connectivity index (χ4n) is 7.11. The zero-order valence-electron chi connectivity index (χ0n) is 44.1. The molecule has 2 atom stereocenters. The van der Waals surface area contributed by atoms with Gasteiger partial charge in [0, 0.05) is 42.5 Å². The number of hydrogen-bond donors (Lipinski definition) is 6. The Morgan fingerprint density at radius 3 is 1.24 bits per heavy atom. The second-order valence-corrected chi connectivity index (χ2v) is 54.3. The Kier molecular flexibility index (Phi) is 43.9. The first kappa shape index (κ1) is 88.8. The van der Waals surface area contributed by atoms with Crippen LogP contribution in [0.2, 0.25) is 130 Å². The highest BCUT2D eigenvalue weighted by Crippen LogP contribution is 2.29. The number of nitrogens with zero attached hydrogens (tertiary/aromatic N) is 4. The SMILES string of the molecule is C.C.C.C.C.C.C.C.C[Si](C)(C)O[Si](C)(C)O[Si](C)(CCCN)O[Si](C)(C)C.Cc1cc(=O)[nH]c(NC(=O)NCCC[Si](C)(O[Si](C)(C)C)O[Si](C)(C)O[Si](C)(C)C)n1.Cc1cc(=O)[nH]c(NC(=O)n2ccnc2)n1. The maximum absolute atomic E-state index is 12.1. The molecule has 20 nitrogen and oxygen atoms in total. The summed E-state index contributed by atoms with van der Waals surface area (Å²) in [6, 6.07) is 3.56. The number of nitrogens with one attached hydrogen (secondary N) is 5. The molecule has 3 aromatic rings. The normalized spacial score (nSPS) is 12.8. The topological polar surface area (TPSA) is 261 Å². The highest BCUT2D eigenvalue weighted by Gasteiger charge is 2.45. The molecule has 0 bridgehead atoms. The number of aromatic amines is 2. The third kappa shape index (κ3) is 42.8. The maximum Gasteiger partial charge on any atom is 0.333 e. The number of imidazole rings is 1. The molecular weight excluding hydrogens is 1090 g/mol.